The average molecular weight is 200 g/mol. The molecule has 2 aliphatic heterocycles. The third-order valence-electron chi connectivity index (χ3n) is 3.61. The van der Waals surface area contributed by atoms with E-state index in [0.29, 0.717) is 0 Å². The molecule has 0 aliphatic carbocycles. The molecule has 15 heavy (non-hydrogen) atoms. The summed E-state index contributed by atoms with van der Waals surface area (Å²) in [5, 5.41) is 3.58. The van der Waals surface area contributed by atoms with Crippen LogP contribution < -0.4 is 5.32 Å². The van der Waals surface area contributed by atoms with Crippen LogP contribution in [0.4, 0.5) is 5.69 Å². The Balaban J connectivity index is 1.94. The molecule has 0 amide bonds. The summed E-state index contributed by atoms with van der Waals surface area (Å²) in [6.07, 6.45) is 3.52. The van der Waals surface area contributed by atoms with Crippen LogP contribution in [0.3, 0.4) is 0 Å². The molecular formula is C13H16N2. The summed E-state index contributed by atoms with van der Waals surface area (Å²) < 4.78 is 0. The molecule has 0 unspecified atom stereocenters. The minimum absolute atomic E-state index is 0.152. The van der Waals surface area contributed by atoms with E-state index in [9.17, 15) is 0 Å². The Kier molecular flexibility index (Phi) is 1.93. The maximum atomic E-state index is 4.76. The lowest BCUT2D eigenvalue weighted by Crippen LogP contribution is -2.44. The number of aliphatic imine (C=N–C) groups is 1. The van der Waals surface area contributed by atoms with Gasteiger partial charge in [-0.25, -0.2) is 0 Å². The third-order valence-corrected chi connectivity index (χ3v) is 3.61. The van der Waals surface area contributed by atoms with Gasteiger partial charge >= 0.3 is 0 Å². The number of hydrogen-bond donors (Lipinski definition) is 1. The highest BCUT2D eigenvalue weighted by Gasteiger charge is 2.35. The largest absolute Gasteiger partial charge is 0.307 e. The SMILES string of the molecule is C[C@@]1(C2=Nc3ccccc3C2)CCCN1. The van der Waals surface area contributed by atoms with Gasteiger partial charge in [0.2, 0.25) is 0 Å². The monoisotopic (exact) mass is 200 g/mol. The Hall–Kier alpha value is -1.15. The van der Waals surface area contributed by atoms with Crippen LogP contribution in [-0.4, -0.2) is 17.8 Å². The number of para-hydroxylation sites is 1. The molecule has 0 bridgehead atoms. The predicted molar refractivity (Wildman–Crippen MR) is 62.9 cm³/mol. The third kappa shape index (κ3) is 1.40. The van der Waals surface area contributed by atoms with E-state index in [4.69, 9.17) is 4.99 Å². The second-order valence-electron chi connectivity index (χ2n) is 4.73. The summed E-state index contributed by atoms with van der Waals surface area (Å²) in [7, 11) is 0. The second kappa shape index (κ2) is 3.17. The van der Waals surface area contributed by atoms with Crippen LogP contribution in [0, 0.1) is 0 Å². The molecule has 1 fully saturated rings. The Morgan fingerprint density at radius 1 is 1.33 bits per heavy atom. The lowest BCUT2D eigenvalue weighted by molar-refractivity contribution is 0.551. The van der Waals surface area contributed by atoms with Gasteiger partial charge in [0.1, 0.15) is 0 Å². The van der Waals surface area contributed by atoms with Gasteiger partial charge in [0.05, 0.1) is 11.2 Å². The van der Waals surface area contributed by atoms with Crippen LogP contribution in [0.25, 0.3) is 0 Å². The van der Waals surface area contributed by atoms with Crippen LogP contribution in [-0.2, 0) is 6.42 Å². The van der Waals surface area contributed by atoms with Crippen molar-refractivity contribution < 1.29 is 0 Å². The number of rotatable bonds is 1. The van der Waals surface area contributed by atoms with Gasteiger partial charge in [-0.2, -0.15) is 0 Å². The first-order valence-corrected chi connectivity index (χ1v) is 5.69. The molecule has 3 rings (SSSR count). The fourth-order valence-electron chi connectivity index (χ4n) is 2.59. The van der Waals surface area contributed by atoms with Gasteiger partial charge in [-0.1, -0.05) is 18.2 Å². The van der Waals surface area contributed by atoms with Gasteiger partial charge < -0.3 is 5.32 Å². The lowest BCUT2D eigenvalue weighted by atomic mass is 9.91. The van der Waals surface area contributed by atoms with E-state index in [1.165, 1.54) is 29.8 Å². The number of nitrogens with one attached hydrogen (secondary N) is 1. The van der Waals surface area contributed by atoms with Crippen molar-refractivity contribution in [3.05, 3.63) is 29.8 Å². The van der Waals surface area contributed by atoms with Crippen LogP contribution >= 0.6 is 0 Å². The molecule has 0 spiro atoms. The van der Waals surface area contributed by atoms with Gasteiger partial charge in [0.15, 0.2) is 0 Å². The number of fused-ring (bicyclic) bond motifs is 1. The molecule has 1 aromatic carbocycles. The van der Waals surface area contributed by atoms with Crippen LogP contribution in [0.2, 0.25) is 0 Å². The van der Waals surface area contributed by atoms with Gasteiger partial charge in [-0.15, -0.1) is 0 Å². The molecule has 1 aromatic rings. The van der Waals surface area contributed by atoms with Crippen molar-refractivity contribution in [2.75, 3.05) is 6.54 Å². The van der Waals surface area contributed by atoms with E-state index in [-0.39, 0.29) is 5.54 Å². The lowest BCUT2D eigenvalue weighted by Gasteiger charge is -2.24. The average Bonchev–Trinajstić information content (AvgIpc) is 2.84. The summed E-state index contributed by atoms with van der Waals surface area (Å²) in [5.41, 5.74) is 4.02. The van der Waals surface area contributed by atoms with Gasteiger partial charge in [-0.3, -0.25) is 4.99 Å². The highest BCUT2D eigenvalue weighted by Crippen LogP contribution is 2.32. The van der Waals surface area contributed by atoms with E-state index in [0.717, 1.165) is 13.0 Å². The van der Waals surface area contributed by atoms with Crippen LogP contribution in [0.1, 0.15) is 25.3 Å². The maximum absolute atomic E-state index is 4.76. The first-order valence-electron chi connectivity index (χ1n) is 5.69. The van der Waals surface area contributed by atoms with Crippen molar-refractivity contribution >= 4 is 11.4 Å². The summed E-state index contributed by atoms with van der Waals surface area (Å²) >= 11 is 0. The normalized spacial score (nSPS) is 29.0. The van der Waals surface area contributed by atoms with E-state index < -0.39 is 0 Å². The van der Waals surface area contributed by atoms with E-state index in [1.807, 2.05) is 0 Å². The molecule has 0 saturated carbocycles. The van der Waals surface area contributed by atoms with Crippen molar-refractivity contribution in [3.63, 3.8) is 0 Å². The predicted octanol–water partition coefficient (Wildman–Crippen LogP) is 2.46. The van der Waals surface area contributed by atoms with Crippen molar-refractivity contribution in [3.8, 4) is 0 Å². The molecular weight excluding hydrogens is 184 g/mol. The quantitative estimate of drug-likeness (QED) is 0.740. The molecule has 2 aliphatic rings. The fourth-order valence-corrected chi connectivity index (χ4v) is 2.59. The van der Waals surface area contributed by atoms with Crippen LogP contribution in [0.5, 0.6) is 0 Å². The molecule has 78 valence electrons. The van der Waals surface area contributed by atoms with Gasteiger partial charge in [-0.05, 0) is 37.9 Å². The zero-order chi connectivity index (χ0) is 10.3. The molecule has 1 atom stereocenters. The van der Waals surface area contributed by atoms with Crippen molar-refractivity contribution in [1.29, 1.82) is 0 Å². The highest BCUT2D eigenvalue weighted by molar-refractivity contribution is 6.00. The number of benzene rings is 1. The Labute approximate surface area is 90.4 Å². The Morgan fingerprint density at radius 2 is 2.20 bits per heavy atom. The standard InChI is InChI=1S/C13H16N2/c1-13(7-4-8-14-13)12-9-10-5-2-3-6-11(10)15-12/h2-3,5-6,14H,4,7-9H2,1H3/t13-/m0/s1. The van der Waals surface area contributed by atoms with Crippen LogP contribution in [0.15, 0.2) is 29.3 Å². The number of nitrogens with zero attached hydrogens (tertiary/aromatic N) is 1. The van der Waals surface area contributed by atoms with E-state index in [2.05, 4.69) is 36.5 Å². The molecule has 0 radical (unpaired) electrons. The summed E-state index contributed by atoms with van der Waals surface area (Å²) in [4.78, 5) is 4.76. The highest BCUT2D eigenvalue weighted by atomic mass is 15.0. The molecule has 2 heterocycles. The molecule has 2 heteroatoms. The van der Waals surface area contributed by atoms with Crippen molar-refractivity contribution in [1.82, 2.24) is 5.32 Å². The molecule has 0 aromatic heterocycles. The zero-order valence-electron chi connectivity index (χ0n) is 9.09. The second-order valence-corrected chi connectivity index (χ2v) is 4.73. The summed E-state index contributed by atoms with van der Waals surface area (Å²) in [6, 6.07) is 8.46. The van der Waals surface area contributed by atoms with E-state index >= 15 is 0 Å². The van der Waals surface area contributed by atoms with Gasteiger partial charge in [0, 0.05) is 12.1 Å². The first kappa shape index (κ1) is 9.10. The topological polar surface area (TPSA) is 24.4 Å². The van der Waals surface area contributed by atoms with Gasteiger partial charge in [0.25, 0.3) is 0 Å². The smallest absolute Gasteiger partial charge is 0.0665 e. The Bertz CT molecular complexity index is 414. The molecule has 2 nitrogen and oxygen atoms in total. The molecule has 1 saturated heterocycles. The van der Waals surface area contributed by atoms with Crippen molar-refractivity contribution in [2.24, 2.45) is 4.99 Å². The van der Waals surface area contributed by atoms with Crippen molar-refractivity contribution in [2.45, 2.75) is 31.7 Å². The summed E-state index contributed by atoms with van der Waals surface area (Å²) in [6.45, 7) is 3.41. The summed E-state index contributed by atoms with van der Waals surface area (Å²) in [5.74, 6) is 0. The zero-order valence-corrected chi connectivity index (χ0v) is 9.09. The number of hydrogen-bond acceptors (Lipinski definition) is 2. The maximum Gasteiger partial charge on any atom is 0.0665 e. The van der Waals surface area contributed by atoms with E-state index in [1.54, 1.807) is 0 Å². The minimum atomic E-state index is 0.152. The fraction of sp³-hybridized carbons (Fsp3) is 0.462. The minimum Gasteiger partial charge on any atom is -0.307 e. The molecule has 1 N–H and O–H groups in total. The first-order chi connectivity index (χ1) is 7.28. The Morgan fingerprint density at radius 3 is 2.93 bits per heavy atom.